The van der Waals surface area contributed by atoms with E-state index >= 15 is 0 Å². The minimum absolute atomic E-state index is 0.138. The second-order valence-electron chi connectivity index (χ2n) is 7.43. The molecule has 0 unspecified atom stereocenters. The molecule has 0 aliphatic rings. The molecular formula is C24H23BrF2O3. The number of rotatable bonds is 9. The molecule has 6 heteroatoms. The van der Waals surface area contributed by atoms with Crippen molar-refractivity contribution in [2.45, 2.75) is 32.5 Å². The normalized spacial score (nSPS) is 11.5. The first kappa shape index (κ1) is 22.2. The van der Waals surface area contributed by atoms with Crippen LogP contribution in [-0.2, 0) is 16.8 Å². The first-order chi connectivity index (χ1) is 14.3. The fourth-order valence-electron chi connectivity index (χ4n) is 3.08. The van der Waals surface area contributed by atoms with Gasteiger partial charge in [-0.3, -0.25) is 0 Å². The lowest BCUT2D eigenvalue weighted by Gasteiger charge is -2.28. The third-order valence-electron chi connectivity index (χ3n) is 4.51. The van der Waals surface area contributed by atoms with Crippen molar-refractivity contribution in [2.75, 3.05) is 6.61 Å². The standard InChI is InChI=1S/C24H23BrF2O3/c1-24(2,20-12-7-13-21(25)22(20)30-23(26)27)16-28-15-17-8-6-11-19(14-17)29-18-9-4-3-5-10-18/h3-14,23H,15-16H2,1-2H3. The lowest BCUT2D eigenvalue weighted by atomic mass is 9.85. The Morgan fingerprint density at radius 2 is 1.60 bits per heavy atom. The van der Waals surface area contributed by atoms with E-state index in [2.05, 4.69) is 15.9 Å². The maximum absolute atomic E-state index is 12.8. The van der Waals surface area contributed by atoms with Crippen LogP contribution >= 0.6 is 15.9 Å². The minimum Gasteiger partial charge on any atom is -0.457 e. The van der Waals surface area contributed by atoms with Crippen molar-refractivity contribution in [1.29, 1.82) is 0 Å². The molecule has 0 bridgehead atoms. The number of alkyl halides is 2. The average Bonchev–Trinajstić information content (AvgIpc) is 2.70. The van der Waals surface area contributed by atoms with Gasteiger partial charge in [0.25, 0.3) is 0 Å². The maximum Gasteiger partial charge on any atom is 0.387 e. The predicted molar refractivity (Wildman–Crippen MR) is 116 cm³/mol. The van der Waals surface area contributed by atoms with Gasteiger partial charge in [0.2, 0.25) is 0 Å². The van der Waals surface area contributed by atoms with E-state index in [1.54, 1.807) is 18.2 Å². The van der Waals surface area contributed by atoms with Crippen LogP contribution < -0.4 is 9.47 Å². The van der Waals surface area contributed by atoms with Crippen molar-refractivity contribution in [2.24, 2.45) is 0 Å². The van der Waals surface area contributed by atoms with E-state index in [1.165, 1.54) is 0 Å². The fourth-order valence-corrected chi connectivity index (χ4v) is 3.54. The van der Waals surface area contributed by atoms with Gasteiger partial charge in [-0.1, -0.05) is 56.3 Å². The van der Waals surface area contributed by atoms with Crippen LogP contribution in [0, 0.1) is 0 Å². The van der Waals surface area contributed by atoms with E-state index in [9.17, 15) is 8.78 Å². The Balaban J connectivity index is 1.65. The topological polar surface area (TPSA) is 27.7 Å². The second kappa shape index (κ2) is 10.0. The van der Waals surface area contributed by atoms with Gasteiger partial charge in [0.15, 0.2) is 0 Å². The summed E-state index contributed by atoms with van der Waals surface area (Å²) in [6.45, 7) is 1.66. The molecule has 0 amide bonds. The molecule has 30 heavy (non-hydrogen) atoms. The zero-order chi connectivity index (χ0) is 21.6. The maximum atomic E-state index is 12.8. The largest absolute Gasteiger partial charge is 0.457 e. The van der Waals surface area contributed by atoms with E-state index in [0.29, 0.717) is 23.2 Å². The van der Waals surface area contributed by atoms with Crippen LogP contribution in [0.4, 0.5) is 8.78 Å². The molecule has 0 saturated carbocycles. The van der Waals surface area contributed by atoms with Crippen LogP contribution in [0.3, 0.4) is 0 Å². The van der Waals surface area contributed by atoms with Crippen molar-refractivity contribution < 1.29 is 23.0 Å². The van der Waals surface area contributed by atoms with Crippen molar-refractivity contribution in [3.8, 4) is 17.2 Å². The van der Waals surface area contributed by atoms with Gasteiger partial charge in [-0.05, 0) is 51.8 Å². The molecule has 0 saturated heterocycles. The van der Waals surface area contributed by atoms with Gasteiger partial charge in [-0.2, -0.15) is 8.78 Å². The van der Waals surface area contributed by atoms with Crippen molar-refractivity contribution in [1.82, 2.24) is 0 Å². The van der Waals surface area contributed by atoms with Gasteiger partial charge in [-0.25, -0.2) is 0 Å². The van der Waals surface area contributed by atoms with Crippen molar-refractivity contribution >= 4 is 15.9 Å². The van der Waals surface area contributed by atoms with E-state index in [1.807, 2.05) is 68.4 Å². The predicted octanol–water partition coefficient (Wildman–Crippen LogP) is 7.34. The Morgan fingerprint density at radius 3 is 2.33 bits per heavy atom. The van der Waals surface area contributed by atoms with Crippen LogP contribution in [0.1, 0.15) is 25.0 Å². The first-order valence-corrected chi connectivity index (χ1v) is 10.3. The Bertz CT molecular complexity index is 962. The Hall–Kier alpha value is -2.44. The average molecular weight is 477 g/mol. The van der Waals surface area contributed by atoms with Crippen LogP contribution in [0.2, 0.25) is 0 Å². The summed E-state index contributed by atoms with van der Waals surface area (Å²) in [5, 5.41) is 0. The zero-order valence-corrected chi connectivity index (χ0v) is 18.4. The molecule has 0 aliphatic carbocycles. The molecule has 3 aromatic carbocycles. The molecular weight excluding hydrogens is 454 g/mol. The molecule has 3 aromatic rings. The van der Waals surface area contributed by atoms with Gasteiger partial charge in [0.05, 0.1) is 17.7 Å². The van der Waals surface area contributed by atoms with Crippen molar-refractivity contribution in [3.05, 3.63) is 88.4 Å². The van der Waals surface area contributed by atoms with Gasteiger partial charge in [0.1, 0.15) is 17.2 Å². The lowest BCUT2D eigenvalue weighted by Crippen LogP contribution is -2.26. The Morgan fingerprint density at radius 1 is 0.900 bits per heavy atom. The Kier molecular flexibility index (Phi) is 7.45. The molecule has 0 radical (unpaired) electrons. The van der Waals surface area contributed by atoms with Crippen LogP contribution in [-0.4, -0.2) is 13.2 Å². The highest BCUT2D eigenvalue weighted by Crippen LogP contribution is 2.38. The first-order valence-electron chi connectivity index (χ1n) is 9.48. The number of hydrogen-bond acceptors (Lipinski definition) is 3. The molecule has 0 spiro atoms. The quantitative estimate of drug-likeness (QED) is 0.323. The molecule has 3 rings (SSSR count). The molecule has 0 heterocycles. The molecule has 0 fully saturated rings. The lowest BCUT2D eigenvalue weighted by molar-refractivity contribution is -0.0519. The highest BCUT2D eigenvalue weighted by atomic mass is 79.9. The minimum atomic E-state index is -2.90. The highest BCUT2D eigenvalue weighted by Gasteiger charge is 2.27. The van der Waals surface area contributed by atoms with Gasteiger partial charge in [0, 0.05) is 11.0 Å². The fraction of sp³-hybridized carbons (Fsp3) is 0.250. The third-order valence-corrected chi connectivity index (χ3v) is 5.14. The summed E-state index contributed by atoms with van der Waals surface area (Å²) < 4.78 is 42.7. The second-order valence-corrected chi connectivity index (χ2v) is 8.29. The van der Waals surface area contributed by atoms with Gasteiger partial charge < -0.3 is 14.2 Å². The summed E-state index contributed by atoms with van der Waals surface area (Å²) in [6, 6.07) is 22.5. The summed E-state index contributed by atoms with van der Waals surface area (Å²) in [7, 11) is 0. The van der Waals surface area contributed by atoms with Crippen LogP contribution in [0.15, 0.2) is 77.3 Å². The van der Waals surface area contributed by atoms with E-state index in [0.717, 1.165) is 17.1 Å². The van der Waals surface area contributed by atoms with Gasteiger partial charge in [-0.15, -0.1) is 0 Å². The number of benzene rings is 3. The van der Waals surface area contributed by atoms with E-state index < -0.39 is 12.0 Å². The smallest absolute Gasteiger partial charge is 0.387 e. The van der Waals surface area contributed by atoms with E-state index in [4.69, 9.17) is 14.2 Å². The Labute approximate surface area is 183 Å². The van der Waals surface area contributed by atoms with Gasteiger partial charge >= 0.3 is 6.61 Å². The number of para-hydroxylation sites is 2. The molecule has 0 N–H and O–H groups in total. The summed E-state index contributed by atoms with van der Waals surface area (Å²) in [5.74, 6) is 1.62. The number of halogens is 3. The zero-order valence-electron chi connectivity index (χ0n) is 16.8. The summed E-state index contributed by atoms with van der Waals surface area (Å²) in [4.78, 5) is 0. The highest BCUT2D eigenvalue weighted by molar-refractivity contribution is 9.10. The van der Waals surface area contributed by atoms with E-state index in [-0.39, 0.29) is 5.75 Å². The van der Waals surface area contributed by atoms with Crippen molar-refractivity contribution in [3.63, 3.8) is 0 Å². The summed E-state index contributed by atoms with van der Waals surface area (Å²) in [6.07, 6.45) is 0. The summed E-state index contributed by atoms with van der Waals surface area (Å²) >= 11 is 3.30. The molecule has 0 atom stereocenters. The molecule has 0 aromatic heterocycles. The monoisotopic (exact) mass is 476 g/mol. The summed E-state index contributed by atoms with van der Waals surface area (Å²) in [5.41, 5.74) is 1.07. The van der Waals surface area contributed by atoms with Crippen LogP contribution in [0.25, 0.3) is 0 Å². The van der Waals surface area contributed by atoms with Crippen LogP contribution in [0.5, 0.6) is 17.2 Å². The SMILES string of the molecule is CC(C)(COCc1cccc(Oc2ccccc2)c1)c1cccc(Br)c1OC(F)F. The number of ether oxygens (including phenoxy) is 3. The molecule has 3 nitrogen and oxygen atoms in total. The molecule has 158 valence electrons. The number of hydrogen-bond donors (Lipinski definition) is 0. The third kappa shape index (κ3) is 6.03. The molecule has 0 aliphatic heterocycles.